The highest BCUT2D eigenvalue weighted by atomic mass is 19.1. The predicted octanol–water partition coefficient (Wildman–Crippen LogP) is 3.61. The fourth-order valence-electron chi connectivity index (χ4n) is 3.19. The summed E-state index contributed by atoms with van der Waals surface area (Å²) >= 11 is 0. The van der Waals surface area contributed by atoms with E-state index >= 15 is 0 Å². The monoisotopic (exact) mass is 323 g/mol. The summed E-state index contributed by atoms with van der Waals surface area (Å²) in [5, 5.41) is 3.00. The van der Waals surface area contributed by atoms with E-state index in [1.54, 1.807) is 12.1 Å². The molecule has 1 heterocycles. The van der Waals surface area contributed by atoms with Crippen LogP contribution in [0.1, 0.15) is 51.7 Å². The van der Waals surface area contributed by atoms with E-state index in [4.69, 9.17) is 9.47 Å². The number of rotatable bonds is 5. The molecule has 0 spiro atoms. The number of hydrogen-bond donors (Lipinski definition) is 1. The van der Waals surface area contributed by atoms with Crippen LogP contribution in [-0.4, -0.2) is 25.2 Å². The van der Waals surface area contributed by atoms with Gasteiger partial charge in [-0.05, 0) is 42.9 Å². The molecule has 0 aliphatic carbocycles. The lowest BCUT2D eigenvalue weighted by atomic mass is 9.90. The summed E-state index contributed by atoms with van der Waals surface area (Å²) in [5.74, 6) is 0.312. The van der Waals surface area contributed by atoms with Gasteiger partial charge in [0.25, 0.3) is 0 Å². The van der Waals surface area contributed by atoms with E-state index in [0.29, 0.717) is 12.3 Å². The molecule has 2 rings (SSSR count). The van der Waals surface area contributed by atoms with Crippen LogP contribution in [0.3, 0.4) is 0 Å². The van der Waals surface area contributed by atoms with Crippen molar-refractivity contribution in [2.75, 3.05) is 7.11 Å². The number of amides is 1. The van der Waals surface area contributed by atoms with Gasteiger partial charge >= 0.3 is 0 Å². The average molecular weight is 323 g/mol. The van der Waals surface area contributed by atoms with E-state index in [-0.39, 0.29) is 35.7 Å². The van der Waals surface area contributed by atoms with Crippen LogP contribution in [0.4, 0.5) is 4.39 Å². The van der Waals surface area contributed by atoms with Gasteiger partial charge in [0.2, 0.25) is 5.91 Å². The normalized spacial score (nSPS) is 24.5. The van der Waals surface area contributed by atoms with Crippen LogP contribution in [0, 0.1) is 11.7 Å². The van der Waals surface area contributed by atoms with Crippen molar-refractivity contribution in [2.45, 2.75) is 58.3 Å². The Bertz CT molecular complexity index is 547. The van der Waals surface area contributed by atoms with Crippen LogP contribution in [0.2, 0.25) is 0 Å². The number of benzene rings is 1. The van der Waals surface area contributed by atoms with Crippen molar-refractivity contribution >= 4 is 5.91 Å². The largest absolute Gasteiger partial charge is 0.494 e. The minimum absolute atomic E-state index is 0.0318. The van der Waals surface area contributed by atoms with Crippen LogP contribution >= 0.6 is 0 Å². The second-order valence-corrected chi connectivity index (χ2v) is 6.64. The Morgan fingerprint density at radius 2 is 2.17 bits per heavy atom. The minimum Gasteiger partial charge on any atom is -0.494 e. The fourth-order valence-corrected chi connectivity index (χ4v) is 3.19. The van der Waals surface area contributed by atoms with E-state index in [9.17, 15) is 9.18 Å². The summed E-state index contributed by atoms with van der Waals surface area (Å²) in [7, 11) is 1.45. The van der Waals surface area contributed by atoms with Gasteiger partial charge in [0.15, 0.2) is 11.6 Å². The third kappa shape index (κ3) is 4.93. The highest BCUT2D eigenvalue weighted by Gasteiger charge is 2.31. The SMILES string of the molecule is COc1cc([C@H]2C[C@@H](NC(C)=O)C[C@@H](CC(C)C)O2)ccc1F. The molecule has 0 bridgehead atoms. The van der Waals surface area contributed by atoms with Crippen LogP contribution in [-0.2, 0) is 9.53 Å². The second kappa shape index (κ2) is 7.77. The number of carbonyl (C=O) groups excluding carboxylic acids is 1. The third-order valence-corrected chi connectivity index (χ3v) is 4.09. The van der Waals surface area contributed by atoms with E-state index in [0.717, 1.165) is 18.4 Å². The molecule has 23 heavy (non-hydrogen) atoms. The molecule has 5 heteroatoms. The number of halogens is 1. The molecule has 1 aromatic rings. The molecule has 4 nitrogen and oxygen atoms in total. The Labute approximate surface area is 137 Å². The number of ether oxygens (including phenoxy) is 2. The molecule has 3 atom stereocenters. The Hall–Kier alpha value is -1.62. The van der Waals surface area contributed by atoms with Gasteiger partial charge in [0.05, 0.1) is 19.3 Å². The van der Waals surface area contributed by atoms with E-state index in [2.05, 4.69) is 19.2 Å². The number of methoxy groups -OCH3 is 1. The molecule has 1 aliphatic heterocycles. The number of nitrogens with one attached hydrogen (secondary N) is 1. The van der Waals surface area contributed by atoms with Gasteiger partial charge in [-0.3, -0.25) is 4.79 Å². The lowest BCUT2D eigenvalue weighted by Crippen LogP contribution is -2.42. The molecule has 1 saturated heterocycles. The van der Waals surface area contributed by atoms with Gasteiger partial charge in [0, 0.05) is 13.0 Å². The van der Waals surface area contributed by atoms with Crippen molar-refractivity contribution < 1.29 is 18.7 Å². The zero-order chi connectivity index (χ0) is 17.0. The zero-order valence-corrected chi connectivity index (χ0v) is 14.3. The first-order chi connectivity index (χ1) is 10.9. The van der Waals surface area contributed by atoms with Crippen molar-refractivity contribution in [1.29, 1.82) is 0 Å². The summed E-state index contributed by atoms with van der Waals surface area (Å²) in [6.07, 6.45) is 2.35. The molecule has 0 saturated carbocycles. The maximum Gasteiger partial charge on any atom is 0.217 e. The van der Waals surface area contributed by atoms with Gasteiger partial charge < -0.3 is 14.8 Å². The fraction of sp³-hybridized carbons (Fsp3) is 0.611. The lowest BCUT2D eigenvalue weighted by Gasteiger charge is -2.36. The molecule has 1 aromatic carbocycles. The molecule has 1 fully saturated rings. The lowest BCUT2D eigenvalue weighted by molar-refractivity contribution is -0.122. The highest BCUT2D eigenvalue weighted by Crippen LogP contribution is 2.35. The Kier molecular flexibility index (Phi) is 5.99. The summed E-state index contributed by atoms with van der Waals surface area (Å²) in [5.41, 5.74) is 0.882. The van der Waals surface area contributed by atoms with Crippen molar-refractivity contribution in [1.82, 2.24) is 5.32 Å². The summed E-state index contributed by atoms with van der Waals surface area (Å²) in [6, 6.07) is 4.89. The van der Waals surface area contributed by atoms with E-state index < -0.39 is 0 Å². The minimum atomic E-state index is -0.385. The first kappa shape index (κ1) is 17.7. The Morgan fingerprint density at radius 1 is 1.43 bits per heavy atom. The summed E-state index contributed by atoms with van der Waals surface area (Å²) in [6.45, 7) is 5.84. The highest BCUT2D eigenvalue weighted by molar-refractivity contribution is 5.73. The molecule has 0 aromatic heterocycles. The van der Waals surface area contributed by atoms with Crippen LogP contribution < -0.4 is 10.1 Å². The van der Waals surface area contributed by atoms with Crippen molar-refractivity contribution in [3.05, 3.63) is 29.6 Å². The van der Waals surface area contributed by atoms with E-state index in [1.165, 1.54) is 20.1 Å². The van der Waals surface area contributed by atoms with Gasteiger partial charge in [-0.2, -0.15) is 0 Å². The first-order valence-corrected chi connectivity index (χ1v) is 8.15. The van der Waals surface area contributed by atoms with Crippen LogP contribution in [0.5, 0.6) is 5.75 Å². The molecule has 1 amide bonds. The maximum absolute atomic E-state index is 13.6. The second-order valence-electron chi connectivity index (χ2n) is 6.64. The van der Waals surface area contributed by atoms with Gasteiger partial charge in [-0.15, -0.1) is 0 Å². The van der Waals surface area contributed by atoms with Crippen LogP contribution in [0.15, 0.2) is 18.2 Å². The smallest absolute Gasteiger partial charge is 0.217 e. The van der Waals surface area contributed by atoms with Crippen molar-refractivity contribution in [2.24, 2.45) is 5.92 Å². The van der Waals surface area contributed by atoms with Crippen molar-refractivity contribution in [3.8, 4) is 5.75 Å². The zero-order valence-electron chi connectivity index (χ0n) is 14.3. The topological polar surface area (TPSA) is 47.6 Å². The Balaban J connectivity index is 2.19. The Morgan fingerprint density at radius 3 is 2.78 bits per heavy atom. The first-order valence-electron chi connectivity index (χ1n) is 8.15. The number of hydrogen-bond acceptors (Lipinski definition) is 3. The molecular formula is C18H26FNO3. The van der Waals surface area contributed by atoms with Crippen molar-refractivity contribution in [3.63, 3.8) is 0 Å². The maximum atomic E-state index is 13.6. The molecule has 1 N–H and O–H groups in total. The van der Waals surface area contributed by atoms with Gasteiger partial charge in [-0.25, -0.2) is 4.39 Å². The average Bonchev–Trinajstić information content (AvgIpc) is 2.46. The predicted molar refractivity (Wildman–Crippen MR) is 86.9 cm³/mol. The quantitative estimate of drug-likeness (QED) is 0.900. The summed E-state index contributed by atoms with van der Waals surface area (Å²) < 4.78 is 24.9. The van der Waals surface area contributed by atoms with Gasteiger partial charge in [-0.1, -0.05) is 19.9 Å². The third-order valence-electron chi connectivity index (χ3n) is 4.09. The van der Waals surface area contributed by atoms with Gasteiger partial charge in [0.1, 0.15) is 0 Å². The van der Waals surface area contributed by atoms with Crippen LogP contribution in [0.25, 0.3) is 0 Å². The molecule has 1 aliphatic rings. The standard InChI is InChI=1S/C18H26FNO3/c1-11(2)7-15-9-14(20-12(3)21)10-17(23-15)13-5-6-16(19)18(8-13)22-4/h5-6,8,11,14-15,17H,7,9-10H2,1-4H3,(H,20,21)/t14-,15+,17+/m0/s1. The van der Waals surface area contributed by atoms with E-state index in [1.807, 2.05) is 0 Å². The molecule has 0 unspecified atom stereocenters. The number of carbonyl (C=O) groups is 1. The summed E-state index contributed by atoms with van der Waals surface area (Å²) in [4.78, 5) is 11.4. The molecule has 0 radical (unpaired) electrons. The molecule has 128 valence electrons. The molecular weight excluding hydrogens is 297 g/mol.